The van der Waals surface area contributed by atoms with Gasteiger partial charge in [0, 0.05) is 39.6 Å². The Morgan fingerprint density at radius 3 is 2.71 bits per heavy atom. The first-order valence-corrected chi connectivity index (χ1v) is 11.4. The lowest BCUT2D eigenvalue weighted by Gasteiger charge is -2.35. The van der Waals surface area contributed by atoms with Crippen LogP contribution in [0.2, 0.25) is 0 Å². The van der Waals surface area contributed by atoms with Crippen LogP contribution in [0.3, 0.4) is 0 Å². The highest BCUT2D eigenvalue weighted by Crippen LogP contribution is 2.33. The van der Waals surface area contributed by atoms with Crippen molar-refractivity contribution in [3.63, 3.8) is 0 Å². The van der Waals surface area contributed by atoms with E-state index in [0.717, 1.165) is 25.7 Å². The molecule has 2 fully saturated rings. The maximum atomic E-state index is 13.1. The highest BCUT2D eigenvalue weighted by molar-refractivity contribution is 6.00. The molecule has 180 valence electrons. The predicted octanol–water partition coefficient (Wildman–Crippen LogP) is 1.93. The molecule has 3 heterocycles. The normalized spacial score (nSPS) is 23.7. The molecule has 0 aliphatic heterocycles. The quantitative estimate of drug-likeness (QED) is 0.459. The second-order valence-corrected chi connectivity index (χ2v) is 8.74. The number of fused-ring (bicyclic) bond motifs is 1. The van der Waals surface area contributed by atoms with Gasteiger partial charge < -0.3 is 30.0 Å². The van der Waals surface area contributed by atoms with Crippen molar-refractivity contribution in [3.8, 4) is 0 Å². The Hall–Kier alpha value is -3.44. The number of nitrogens with zero attached hydrogens (tertiary/aromatic N) is 4. The minimum atomic E-state index is -0.256. The molecule has 3 aromatic rings. The van der Waals surface area contributed by atoms with E-state index >= 15 is 0 Å². The number of rotatable bonds is 8. The Bertz CT molecular complexity index is 1260. The number of carbonyl (C=O) groups is 1. The first-order valence-electron chi connectivity index (χ1n) is 11.4. The summed E-state index contributed by atoms with van der Waals surface area (Å²) in [5.41, 5.74) is 1.02. The van der Waals surface area contributed by atoms with Crippen LogP contribution in [-0.4, -0.2) is 64.6 Å². The fourth-order valence-corrected chi connectivity index (χ4v) is 4.52. The molecule has 3 N–H and O–H groups in total. The van der Waals surface area contributed by atoms with Crippen LogP contribution in [0.1, 0.15) is 42.1 Å². The van der Waals surface area contributed by atoms with Crippen LogP contribution >= 0.6 is 0 Å². The van der Waals surface area contributed by atoms with Crippen LogP contribution in [0, 0.1) is 0 Å². The van der Waals surface area contributed by atoms with Crippen molar-refractivity contribution < 1.29 is 14.3 Å². The summed E-state index contributed by atoms with van der Waals surface area (Å²) in [6.07, 6.45) is 6.94. The van der Waals surface area contributed by atoms with Crippen LogP contribution in [0.15, 0.2) is 35.4 Å². The van der Waals surface area contributed by atoms with Crippen molar-refractivity contribution in [1.29, 1.82) is 0 Å². The van der Waals surface area contributed by atoms with Gasteiger partial charge in [0.25, 0.3) is 11.5 Å². The molecule has 2 aliphatic rings. The van der Waals surface area contributed by atoms with Gasteiger partial charge in [-0.05, 0) is 37.8 Å². The van der Waals surface area contributed by atoms with Gasteiger partial charge in [0.15, 0.2) is 5.65 Å². The molecule has 0 saturated heterocycles. The predicted molar refractivity (Wildman–Crippen MR) is 127 cm³/mol. The lowest BCUT2D eigenvalue weighted by Crippen LogP contribution is -2.51. The monoisotopic (exact) mass is 467 g/mol. The number of pyridine rings is 1. The molecule has 0 unspecified atom stereocenters. The number of carbonyl (C=O) groups excluding carboxylic acids is 1. The van der Waals surface area contributed by atoms with Crippen molar-refractivity contribution in [2.75, 3.05) is 31.9 Å². The van der Waals surface area contributed by atoms with Crippen LogP contribution in [-0.2, 0) is 9.47 Å². The van der Waals surface area contributed by atoms with Gasteiger partial charge in [-0.2, -0.15) is 9.61 Å². The summed E-state index contributed by atoms with van der Waals surface area (Å²) >= 11 is 0. The third kappa shape index (κ3) is 3.90. The van der Waals surface area contributed by atoms with E-state index in [1.807, 2.05) is 6.07 Å². The Morgan fingerprint density at radius 2 is 2.03 bits per heavy atom. The third-order valence-corrected chi connectivity index (χ3v) is 6.84. The number of anilines is 3. The van der Waals surface area contributed by atoms with E-state index in [4.69, 9.17) is 9.47 Å². The van der Waals surface area contributed by atoms with Gasteiger partial charge in [-0.25, -0.2) is 4.98 Å². The summed E-state index contributed by atoms with van der Waals surface area (Å²) < 4.78 is 14.0. The van der Waals surface area contributed by atoms with Crippen LogP contribution in [0.4, 0.5) is 17.3 Å². The number of aromatic nitrogens is 4. The summed E-state index contributed by atoms with van der Waals surface area (Å²) in [7, 11) is 5.10. The first kappa shape index (κ1) is 22.4. The molecule has 0 radical (unpaired) electrons. The highest BCUT2D eigenvalue weighted by Gasteiger charge is 2.33. The zero-order chi connectivity index (χ0) is 23.8. The topological polar surface area (TPSA) is 124 Å². The van der Waals surface area contributed by atoms with Gasteiger partial charge in [-0.15, -0.1) is 0 Å². The molecule has 11 nitrogen and oxygen atoms in total. The lowest BCUT2D eigenvalue weighted by molar-refractivity contribution is 0.00522. The smallest absolute Gasteiger partial charge is 0.274 e. The lowest BCUT2D eigenvalue weighted by atomic mass is 9.89. The second-order valence-electron chi connectivity index (χ2n) is 8.74. The number of nitrogens with one attached hydrogen (secondary N) is 3. The van der Waals surface area contributed by atoms with E-state index in [-0.39, 0.29) is 35.8 Å². The van der Waals surface area contributed by atoms with E-state index in [2.05, 4.69) is 26.0 Å². The first-order chi connectivity index (χ1) is 16.5. The van der Waals surface area contributed by atoms with Crippen molar-refractivity contribution >= 4 is 28.9 Å². The summed E-state index contributed by atoms with van der Waals surface area (Å²) in [6, 6.07) is 5.40. The SMILES string of the molecule is CNc1cc(Nc2cccn([C@H]3C[C@H](OC)C3)c2=O)nc2c(C(=O)N[C@H]3CC[C@@H]3OC)cnn12. The van der Waals surface area contributed by atoms with E-state index in [1.165, 1.54) is 6.20 Å². The zero-order valence-electron chi connectivity index (χ0n) is 19.4. The minimum Gasteiger partial charge on any atom is -0.381 e. The van der Waals surface area contributed by atoms with Crippen molar-refractivity contribution in [1.82, 2.24) is 24.5 Å². The van der Waals surface area contributed by atoms with Gasteiger partial charge in [-0.3, -0.25) is 9.59 Å². The molecule has 0 spiro atoms. The Balaban J connectivity index is 1.43. The molecule has 34 heavy (non-hydrogen) atoms. The molecule has 2 saturated carbocycles. The zero-order valence-corrected chi connectivity index (χ0v) is 19.4. The molecule has 2 aliphatic carbocycles. The second kappa shape index (κ2) is 9.07. The summed E-state index contributed by atoms with van der Waals surface area (Å²) in [6.45, 7) is 0. The van der Waals surface area contributed by atoms with Gasteiger partial charge in [0.2, 0.25) is 0 Å². The highest BCUT2D eigenvalue weighted by atomic mass is 16.5. The van der Waals surface area contributed by atoms with Gasteiger partial charge in [-0.1, -0.05) is 0 Å². The summed E-state index contributed by atoms with van der Waals surface area (Å²) in [4.78, 5) is 30.7. The number of ether oxygens (including phenoxy) is 2. The Kier molecular flexibility index (Phi) is 5.96. The number of methoxy groups -OCH3 is 2. The summed E-state index contributed by atoms with van der Waals surface area (Å²) in [5, 5.41) is 13.5. The molecule has 0 aromatic carbocycles. The Morgan fingerprint density at radius 1 is 1.21 bits per heavy atom. The largest absolute Gasteiger partial charge is 0.381 e. The van der Waals surface area contributed by atoms with E-state index < -0.39 is 0 Å². The molecular weight excluding hydrogens is 438 g/mol. The minimum absolute atomic E-state index is 0.0236. The molecular formula is C23H29N7O4. The van der Waals surface area contributed by atoms with Crippen LogP contribution in [0.25, 0.3) is 5.65 Å². The maximum absolute atomic E-state index is 13.1. The molecule has 2 atom stereocenters. The number of amides is 1. The van der Waals surface area contributed by atoms with E-state index in [0.29, 0.717) is 28.5 Å². The Labute approximate surface area is 196 Å². The number of hydrogen-bond donors (Lipinski definition) is 3. The third-order valence-electron chi connectivity index (χ3n) is 6.84. The molecule has 1 amide bonds. The molecule has 5 rings (SSSR count). The fourth-order valence-electron chi connectivity index (χ4n) is 4.52. The van der Waals surface area contributed by atoms with Crippen molar-refractivity contribution in [2.24, 2.45) is 0 Å². The molecule has 11 heteroatoms. The van der Waals surface area contributed by atoms with Gasteiger partial charge in [0.1, 0.15) is 22.9 Å². The average Bonchev–Trinajstić information content (AvgIpc) is 3.22. The average molecular weight is 468 g/mol. The van der Waals surface area contributed by atoms with Gasteiger partial charge >= 0.3 is 0 Å². The van der Waals surface area contributed by atoms with Gasteiger partial charge in [0.05, 0.1) is 24.4 Å². The maximum Gasteiger partial charge on any atom is 0.274 e. The number of hydrogen-bond acceptors (Lipinski definition) is 8. The fraction of sp³-hybridized carbons (Fsp3) is 0.478. The van der Waals surface area contributed by atoms with Crippen LogP contribution < -0.4 is 21.5 Å². The standard InChI is InChI=1S/C23H29N7O4/c1-24-20-11-19(26-17-5-4-8-29(23(17)32)13-9-14(10-13)33-2)28-21-15(12-25-30(20)21)22(31)27-16-6-7-18(16)34-3/h4-5,8,11-14,16,18,24H,6-7,9-10H2,1-3H3,(H,26,28)(H,27,31)/t13-,14-,16-,18-/m0/s1. The summed E-state index contributed by atoms with van der Waals surface area (Å²) in [5.74, 6) is 0.805. The van der Waals surface area contributed by atoms with E-state index in [1.54, 1.807) is 48.7 Å². The molecule has 0 bridgehead atoms. The van der Waals surface area contributed by atoms with Crippen molar-refractivity contribution in [3.05, 3.63) is 46.5 Å². The van der Waals surface area contributed by atoms with E-state index in [9.17, 15) is 9.59 Å². The van der Waals surface area contributed by atoms with Crippen molar-refractivity contribution in [2.45, 2.75) is 50.0 Å². The molecule has 3 aromatic heterocycles. The van der Waals surface area contributed by atoms with Crippen LogP contribution in [0.5, 0.6) is 0 Å².